The maximum Gasteiger partial charge on any atom is 0.291 e. The first-order valence-corrected chi connectivity index (χ1v) is 11.6. The quantitative estimate of drug-likeness (QED) is 0.154. The summed E-state index contributed by atoms with van der Waals surface area (Å²) in [6.07, 6.45) is 0.957. The van der Waals surface area contributed by atoms with Crippen LogP contribution in [0.5, 0.6) is 11.5 Å². The second kappa shape index (κ2) is 12.5. The molecule has 1 aromatic heterocycles. The van der Waals surface area contributed by atoms with Crippen LogP contribution in [0, 0.1) is 17.0 Å². The maximum atomic E-state index is 15.4. The molecule has 0 fully saturated rings. The van der Waals surface area contributed by atoms with Gasteiger partial charge in [0, 0.05) is 29.1 Å². The summed E-state index contributed by atoms with van der Waals surface area (Å²) in [6.45, 7) is 5.55. The lowest BCUT2D eigenvalue weighted by Crippen LogP contribution is -2.46. The fourth-order valence-electron chi connectivity index (χ4n) is 3.39. The van der Waals surface area contributed by atoms with Crippen LogP contribution in [0.3, 0.4) is 0 Å². The summed E-state index contributed by atoms with van der Waals surface area (Å²) in [5.74, 6) is -3.31. The van der Waals surface area contributed by atoms with Crippen molar-refractivity contribution in [1.29, 1.82) is 5.41 Å². The van der Waals surface area contributed by atoms with Crippen LogP contribution in [0.25, 0.3) is 0 Å². The van der Waals surface area contributed by atoms with Gasteiger partial charge in [-0.2, -0.15) is 0 Å². The van der Waals surface area contributed by atoms with Crippen LogP contribution in [-0.2, 0) is 4.79 Å². The number of benzene rings is 2. The smallest absolute Gasteiger partial charge is 0.291 e. The average Bonchev–Trinajstić information content (AvgIpc) is 2.87. The van der Waals surface area contributed by atoms with Crippen LogP contribution in [0.4, 0.5) is 14.5 Å². The summed E-state index contributed by atoms with van der Waals surface area (Å²) < 4.78 is 40.6. The molecule has 10 nitrogen and oxygen atoms in total. The van der Waals surface area contributed by atoms with Gasteiger partial charge in [-0.3, -0.25) is 25.8 Å². The minimum Gasteiger partial charge on any atom is -0.490 e. The first-order valence-electron chi connectivity index (χ1n) is 11.6. The Bertz CT molecular complexity index is 1320. The highest BCUT2D eigenvalue weighted by molar-refractivity contribution is 5.96. The van der Waals surface area contributed by atoms with Gasteiger partial charge in [0.25, 0.3) is 11.8 Å². The fraction of sp³-hybridized carbons (Fsp3) is 0.231. The lowest BCUT2D eigenvalue weighted by molar-refractivity contribution is -0.122. The zero-order valence-electron chi connectivity index (χ0n) is 21.0. The number of rotatable bonds is 10. The number of pyridine rings is 1. The molecular weight excluding hydrogens is 498 g/mol. The first-order chi connectivity index (χ1) is 18.1. The number of halogens is 2. The van der Waals surface area contributed by atoms with Gasteiger partial charge in [-0.15, -0.1) is 0 Å². The molecule has 1 unspecified atom stereocenters. The molecule has 0 radical (unpaired) electrons. The number of anilines is 1. The third-order valence-corrected chi connectivity index (χ3v) is 5.08. The van der Waals surface area contributed by atoms with E-state index in [1.54, 1.807) is 45.0 Å². The molecule has 38 heavy (non-hydrogen) atoms. The molecule has 0 aliphatic carbocycles. The Morgan fingerprint density at radius 2 is 1.76 bits per heavy atom. The maximum absolute atomic E-state index is 15.4. The number of nitrogens with two attached hydrogens (primary N) is 1. The predicted molar refractivity (Wildman–Crippen MR) is 137 cm³/mol. The molecule has 0 saturated carbocycles. The first kappa shape index (κ1) is 27.8. The molecule has 12 heteroatoms. The van der Waals surface area contributed by atoms with Crippen molar-refractivity contribution < 1.29 is 27.8 Å². The zero-order valence-corrected chi connectivity index (χ0v) is 21.0. The van der Waals surface area contributed by atoms with Gasteiger partial charge >= 0.3 is 0 Å². The van der Waals surface area contributed by atoms with Crippen molar-refractivity contribution in [3.05, 3.63) is 83.2 Å². The van der Waals surface area contributed by atoms with Gasteiger partial charge < -0.3 is 20.5 Å². The number of hydrogen-bond acceptors (Lipinski definition) is 7. The van der Waals surface area contributed by atoms with Crippen molar-refractivity contribution in [3.63, 3.8) is 0 Å². The molecule has 0 saturated heterocycles. The van der Waals surface area contributed by atoms with Crippen LogP contribution in [0.2, 0.25) is 0 Å². The van der Waals surface area contributed by atoms with Crippen LogP contribution in [0.15, 0.2) is 54.7 Å². The minimum atomic E-state index is -1.39. The van der Waals surface area contributed by atoms with Gasteiger partial charge in [-0.1, -0.05) is 0 Å². The number of carbonyl (C=O) groups is 2. The van der Waals surface area contributed by atoms with Crippen molar-refractivity contribution in [2.24, 2.45) is 5.73 Å². The van der Waals surface area contributed by atoms with E-state index in [-0.39, 0.29) is 35.6 Å². The third kappa shape index (κ3) is 6.93. The number of nitrogens with zero attached hydrogens (tertiary/aromatic N) is 1. The number of aromatic nitrogens is 1. The van der Waals surface area contributed by atoms with E-state index >= 15 is 4.39 Å². The van der Waals surface area contributed by atoms with Crippen LogP contribution in [0.1, 0.15) is 48.4 Å². The van der Waals surface area contributed by atoms with E-state index in [1.807, 2.05) is 0 Å². The molecule has 0 bridgehead atoms. The molecule has 3 aromatic rings. The topological polar surface area (TPSA) is 151 Å². The summed E-state index contributed by atoms with van der Waals surface area (Å²) in [5.41, 5.74) is 9.96. The van der Waals surface area contributed by atoms with Gasteiger partial charge in [-0.25, -0.2) is 13.8 Å². The highest BCUT2D eigenvalue weighted by Gasteiger charge is 2.27. The second-order valence-electron chi connectivity index (χ2n) is 8.27. The zero-order chi connectivity index (χ0) is 27.8. The lowest BCUT2D eigenvalue weighted by atomic mass is 10.0. The number of nitrogen functional groups attached to an aromatic ring is 1. The van der Waals surface area contributed by atoms with E-state index in [0.29, 0.717) is 11.3 Å². The number of carbonyl (C=O) groups excluding carboxylic acids is 2. The largest absolute Gasteiger partial charge is 0.490 e. The van der Waals surface area contributed by atoms with Crippen molar-refractivity contribution >= 4 is 23.3 Å². The molecule has 0 aliphatic rings. The van der Waals surface area contributed by atoms with Crippen molar-refractivity contribution in [2.45, 2.75) is 32.9 Å². The lowest BCUT2D eigenvalue weighted by Gasteiger charge is -2.23. The normalized spacial score (nSPS) is 11.4. The van der Waals surface area contributed by atoms with Gasteiger partial charge in [0.2, 0.25) is 0 Å². The Balaban J connectivity index is 1.95. The molecule has 3 rings (SSSR count). The average molecular weight is 527 g/mol. The summed E-state index contributed by atoms with van der Waals surface area (Å²) in [6, 6.07) is 9.62. The van der Waals surface area contributed by atoms with Gasteiger partial charge in [0.1, 0.15) is 17.7 Å². The van der Waals surface area contributed by atoms with Gasteiger partial charge in [0.05, 0.1) is 12.7 Å². The summed E-state index contributed by atoms with van der Waals surface area (Å²) >= 11 is 0. The predicted octanol–water partition coefficient (Wildman–Crippen LogP) is 3.44. The minimum absolute atomic E-state index is 0.115. The fourth-order valence-corrected chi connectivity index (χ4v) is 3.39. The molecule has 2 amide bonds. The van der Waals surface area contributed by atoms with E-state index in [0.717, 1.165) is 12.1 Å². The summed E-state index contributed by atoms with van der Waals surface area (Å²) in [4.78, 5) is 29.2. The van der Waals surface area contributed by atoms with Crippen molar-refractivity contribution in [1.82, 2.24) is 15.8 Å². The van der Waals surface area contributed by atoms with E-state index in [2.05, 4.69) is 21.2 Å². The van der Waals surface area contributed by atoms with E-state index < -0.39 is 35.2 Å². The molecule has 1 atom stereocenters. The van der Waals surface area contributed by atoms with E-state index in [4.69, 9.17) is 20.6 Å². The van der Waals surface area contributed by atoms with Crippen molar-refractivity contribution in [2.75, 3.05) is 11.9 Å². The molecular formula is C26H28F2N6O4. The summed E-state index contributed by atoms with van der Waals surface area (Å²) in [5, 5.41) is 10.4. The number of nitrogens with one attached hydrogen (secondary N) is 4. The molecule has 0 spiro atoms. The number of amides is 2. The molecule has 200 valence electrons. The number of hydrogen-bond donors (Lipinski definition) is 5. The van der Waals surface area contributed by atoms with Crippen LogP contribution in [-0.4, -0.2) is 35.3 Å². The number of amidine groups is 1. The number of hydrazine groups is 1. The van der Waals surface area contributed by atoms with E-state index in [9.17, 15) is 14.0 Å². The van der Waals surface area contributed by atoms with Crippen LogP contribution < -0.4 is 31.4 Å². The van der Waals surface area contributed by atoms with Gasteiger partial charge in [-0.05, 0) is 63.2 Å². The standard InChI is InChI=1S/C26H28F2N6O4/c1-4-37-20-12-17(19(28)13-21(20)38-14(2)3)22(32-16-9-7-15(8-10-16)24(29)30)25(35)33-34-26(36)23-18(27)6-5-11-31-23/h5-14,22,32H,4H2,1-3H3,(H3,29,30)(H,33,35)(H,34,36). The molecule has 6 N–H and O–H groups in total. The number of ether oxygens (including phenoxy) is 2. The third-order valence-electron chi connectivity index (χ3n) is 5.08. The highest BCUT2D eigenvalue weighted by atomic mass is 19.1. The highest BCUT2D eigenvalue weighted by Crippen LogP contribution is 2.35. The Hall–Kier alpha value is -4.74. The second-order valence-corrected chi connectivity index (χ2v) is 8.27. The molecule has 0 aliphatic heterocycles. The molecule has 1 heterocycles. The Kier molecular flexibility index (Phi) is 9.14. The molecule has 2 aromatic carbocycles. The Morgan fingerprint density at radius 3 is 2.37 bits per heavy atom. The summed E-state index contributed by atoms with van der Waals surface area (Å²) in [7, 11) is 0. The van der Waals surface area contributed by atoms with Crippen molar-refractivity contribution in [3.8, 4) is 11.5 Å². The Labute approximate surface area is 218 Å². The van der Waals surface area contributed by atoms with E-state index in [1.165, 1.54) is 18.3 Å². The monoisotopic (exact) mass is 526 g/mol. The Morgan fingerprint density at radius 1 is 1.05 bits per heavy atom. The SMILES string of the molecule is CCOc1cc(C(Nc2ccc(C(=N)N)cc2)C(=O)NNC(=O)c2ncccc2F)c(F)cc1OC(C)C. The van der Waals surface area contributed by atoms with Crippen LogP contribution >= 0.6 is 0 Å². The van der Waals surface area contributed by atoms with Gasteiger partial charge in [0.15, 0.2) is 23.0 Å².